The zero-order valence-electron chi connectivity index (χ0n) is 15.1. The molecule has 134 valence electrons. The van der Waals surface area contributed by atoms with Gasteiger partial charge in [0.15, 0.2) is 0 Å². The van der Waals surface area contributed by atoms with E-state index in [0.717, 1.165) is 10.5 Å². The van der Waals surface area contributed by atoms with Crippen LogP contribution in [0.1, 0.15) is 53.9 Å². The quantitative estimate of drug-likeness (QED) is 0.693. The van der Waals surface area contributed by atoms with E-state index in [2.05, 4.69) is 41.5 Å². The molecule has 1 aliphatic carbocycles. The van der Waals surface area contributed by atoms with Gasteiger partial charge in [-0.15, -0.1) is 11.3 Å². The first-order valence-electron chi connectivity index (χ1n) is 9.44. The number of nitrogens with one attached hydrogen (secondary N) is 1. The van der Waals surface area contributed by atoms with E-state index in [4.69, 9.17) is 0 Å². The summed E-state index contributed by atoms with van der Waals surface area (Å²) in [5, 5.41) is 4.18. The van der Waals surface area contributed by atoms with Crippen LogP contribution in [0.4, 0.5) is 0 Å². The van der Waals surface area contributed by atoms with E-state index in [9.17, 15) is 4.79 Å². The Bertz CT molecular complexity index is 898. The van der Waals surface area contributed by atoms with Gasteiger partial charge in [0, 0.05) is 12.8 Å². The average Bonchev–Trinajstić information content (AvgIpc) is 3.09. The Balaban J connectivity index is 1.35. The highest BCUT2D eigenvalue weighted by Crippen LogP contribution is 2.25. The van der Waals surface area contributed by atoms with Crippen LogP contribution in [0.5, 0.6) is 0 Å². The van der Waals surface area contributed by atoms with Gasteiger partial charge >= 0.3 is 0 Å². The van der Waals surface area contributed by atoms with Crippen molar-refractivity contribution >= 4 is 27.5 Å². The lowest BCUT2D eigenvalue weighted by Gasteiger charge is -2.20. The van der Waals surface area contributed by atoms with Gasteiger partial charge in [-0.3, -0.25) is 4.79 Å². The number of fused-ring (bicyclic) bond motifs is 2. The van der Waals surface area contributed by atoms with Gasteiger partial charge in [-0.2, -0.15) is 0 Å². The average molecular weight is 365 g/mol. The van der Waals surface area contributed by atoms with E-state index in [0.29, 0.717) is 12.8 Å². The topological polar surface area (TPSA) is 42.0 Å². The van der Waals surface area contributed by atoms with Crippen LogP contribution in [0, 0.1) is 0 Å². The molecule has 3 nitrogen and oxygen atoms in total. The number of para-hydroxylation sites is 1. The Kier molecular flexibility index (Phi) is 5.02. The molecule has 0 fully saturated rings. The van der Waals surface area contributed by atoms with Crippen molar-refractivity contribution in [2.24, 2.45) is 0 Å². The molecule has 4 heteroatoms. The second-order valence-corrected chi connectivity index (χ2v) is 8.21. The van der Waals surface area contributed by atoms with Gasteiger partial charge in [0.1, 0.15) is 0 Å². The molecule has 3 aromatic rings. The lowest BCUT2D eigenvalue weighted by molar-refractivity contribution is -0.121. The van der Waals surface area contributed by atoms with Crippen molar-refractivity contribution in [2.75, 3.05) is 0 Å². The Hall–Kier alpha value is -2.20. The molecule has 0 spiro atoms. The van der Waals surface area contributed by atoms with Crippen molar-refractivity contribution in [1.29, 1.82) is 0 Å². The molecule has 0 radical (unpaired) electrons. The number of thiazole rings is 1. The number of carbonyl (C=O) groups excluding carboxylic acids is 1. The fraction of sp³-hybridized carbons (Fsp3) is 0.364. The van der Waals surface area contributed by atoms with Crippen LogP contribution in [0.15, 0.2) is 42.5 Å². The maximum Gasteiger partial charge on any atom is 0.220 e. The summed E-state index contributed by atoms with van der Waals surface area (Å²) in [6, 6.07) is 14.9. The van der Waals surface area contributed by atoms with Gasteiger partial charge in [0.2, 0.25) is 5.91 Å². The fourth-order valence-corrected chi connectivity index (χ4v) is 4.63. The lowest BCUT2D eigenvalue weighted by atomic mass is 9.89. The zero-order chi connectivity index (χ0) is 17.9. The summed E-state index contributed by atoms with van der Waals surface area (Å²) in [6.45, 7) is 2.07. The van der Waals surface area contributed by atoms with Crippen LogP contribution >= 0.6 is 11.3 Å². The third kappa shape index (κ3) is 3.80. The largest absolute Gasteiger partial charge is 0.350 e. The molecule has 0 bridgehead atoms. The minimum atomic E-state index is 0.0464. The number of carbonyl (C=O) groups is 1. The molecule has 1 atom stereocenters. The van der Waals surface area contributed by atoms with E-state index < -0.39 is 0 Å². The standard InChI is InChI=1S/C22H24N2OS/c1-15(17-11-10-16-6-2-3-7-18(16)14-17)23-21(25)12-13-22-24-19-8-4-5-9-20(19)26-22/h4-5,8-11,14-15H,2-3,6-7,12-13H2,1H3,(H,23,25). The first kappa shape index (κ1) is 17.2. The number of rotatable bonds is 5. The van der Waals surface area contributed by atoms with Crippen molar-refractivity contribution in [1.82, 2.24) is 10.3 Å². The van der Waals surface area contributed by atoms with Gasteiger partial charge in [-0.1, -0.05) is 30.3 Å². The molecule has 1 N–H and O–H groups in total. The van der Waals surface area contributed by atoms with Crippen molar-refractivity contribution in [3.05, 3.63) is 64.2 Å². The van der Waals surface area contributed by atoms with Crippen LogP contribution in [-0.4, -0.2) is 10.9 Å². The molecule has 1 amide bonds. The minimum Gasteiger partial charge on any atom is -0.350 e. The summed E-state index contributed by atoms with van der Waals surface area (Å²) in [5.74, 6) is 0.0921. The molecule has 4 rings (SSSR count). The van der Waals surface area contributed by atoms with Gasteiger partial charge in [-0.25, -0.2) is 4.98 Å². The number of benzene rings is 2. The van der Waals surface area contributed by atoms with Gasteiger partial charge in [0.05, 0.1) is 21.3 Å². The number of hydrogen-bond acceptors (Lipinski definition) is 3. The van der Waals surface area contributed by atoms with Gasteiger partial charge < -0.3 is 5.32 Å². The highest BCUT2D eigenvalue weighted by Gasteiger charge is 2.14. The molecule has 1 unspecified atom stereocenters. The number of hydrogen-bond donors (Lipinski definition) is 1. The Morgan fingerprint density at radius 2 is 1.96 bits per heavy atom. The Labute approximate surface area is 158 Å². The predicted octanol–water partition coefficient (Wildman–Crippen LogP) is 4.99. The summed E-state index contributed by atoms with van der Waals surface area (Å²) in [6.07, 6.45) is 6.11. The first-order chi connectivity index (χ1) is 12.7. The summed E-state index contributed by atoms with van der Waals surface area (Å²) in [5.41, 5.74) is 5.17. The van der Waals surface area contributed by atoms with Crippen molar-refractivity contribution in [3.63, 3.8) is 0 Å². The number of aryl methyl sites for hydroxylation is 3. The highest BCUT2D eigenvalue weighted by molar-refractivity contribution is 7.18. The third-order valence-electron chi connectivity index (χ3n) is 5.15. The maximum atomic E-state index is 12.4. The Morgan fingerprint density at radius 3 is 2.81 bits per heavy atom. The highest BCUT2D eigenvalue weighted by atomic mass is 32.1. The monoisotopic (exact) mass is 364 g/mol. The molecule has 0 saturated heterocycles. The van der Waals surface area contributed by atoms with Gasteiger partial charge in [-0.05, 0) is 61.4 Å². The Morgan fingerprint density at radius 1 is 1.15 bits per heavy atom. The van der Waals surface area contributed by atoms with Crippen molar-refractivity contribution in [2.45, 2.75) is 51.5 Å². The van der Waals surface area contributed by atoms with Crippen LogP contribution in [-0.2, 0) is 24.1 Å². The van der Waals surface area contributed by atoms with Crippen molar-refractivity contribution in [3.8, 4) is 0 Å². The summed E-state index contributed by atoms with van der Waals surface area (Å²) in [7, 11) is 0. The second kappa shape index (κ2) is 7.58. The second-order valence-electron chi connectivity index (χ2n) is 7.10. The van der Waals surface area contributed by atoms with E-state index in [1.807, 2.05) is 18.2 Å². The van der Waals surface area contributed by atoms with Crippen LogP contribution in [0.2, 0.25) is 0 Å². The minimum absolute atomic E-state index is 0.0464. The molecular formula is C22H24N2OS. The van der Waals surface area contributed by atoms with Crippen LogP contribution in [0.25, 0.3) is 10.2 Å². The molecule has 2 aromatic carbocycles. The third-order valence-corrected chi connectivity index (χ3v) is 6.25. The van der Waals surface area contributed by atoms with E-state index in [-0.39, 0.29) is 11.9 Å². The molecule has 26 heavy (non-hydrogen) atoms. The maximum absolute atomic E-state index is 12.4. The molecule has 1 aromatic heterocycles. The summed E-state index contributed by atoms with van der Waals surface area (Å²) < 4.78 is 1.19. The molecule has 1 aliphatic rings. The van der Waals surface area contributed by atoms with E-state index >= 15 is 0 Å². The number of aromatic nitrogens is 1. The number of amides is 1. The summed E-state index contributed by atoms with van der Waals surface area (Å²) in [4.78, 5) is 17.0. The first-order valence-corrected chi connectivity index (χ1v) is 10.3. The van der Waals surface area contributed by atoms with E-state index in [1.165, 1.54) is 47.1 Å². The molecule has 0 saturated carbocycles. The molecular weight excluding hydrogens is 340 g/mol. The SMILES string of the molecule is CC(NC(=O)CCc1nc2ccccc2s1)c1ccc2c(c1)CCCC2. The summed E-state index contributed by atoms with van der Waals surface area (Å²) >= 11 is 1.68. The molecule has 1 heterocycles. The predicted molar refractivity (Wildman–Crippen MR) is 108 cm³/mol. The van der Waals surface area contributed by atoms with Crippen molar-refractivity contribution < 1.29 is 4.79 Å². The van der Waals surface area contributed by atoms with Crippen LogP contribution < -0.4 is 5.32 Å². The lowest BCUT2D eigenvalue weighted by Crippen LogP contribution is -2.27. The fourth-order valence-electron chi connectivity index (χ4n) is 3.67. The van der Waals surface area contributed by atoms with E-state index in [1.54, 1.807) is 11.3 Å². The number of nitrogens with zero attached hydrogens (tertiary/aromatic N) is 1. The van der Waals surface area contributed by atoms with Crippen LogP contribution in [0.3, 0.4) is 0 Å². The van der Waals surface area contributed by atoms with Gasteiger partial charge in [0.25, 0.3) is 0 Å². The smallest absolute Gasteiger partial charge is 0.220 e. The molecule has 0 aliphatic heterocycles. The normalized spacial score (nSPS) is 14.8. The zero-order valence-corrected chi connectivity index (χ0v) is 15.9.